The molecule has 1 fully saturated rings. The van der Waals surface area contributed by atoms with E-state index >= 15 is 0 Å². The SMILES string of the molecule is CCC(C(=O)NC1CCCC1)N(Cc1ccccc1C)C(=O)CN(c1ccc(OC)c(OC)c1)S(=O)(=O)c1ccccc1. The molecular weight excluding hydrogens is 566 g/mol. The van der Waals surface area contributed by atoms with E-state index in [0.717, 1.165) is 41.1 Å². The van der Waals surface area contributed by atoms with E-state index in [4.69, 9.17) is 9.47 Å². The third-order valence-corrected chi connectivity index (χ3v) is 9.74. The fourth-order valence-corrected chi connectivity index (χ4v) is 6.91. The fraction of sp³-hybridized carbons (Fsp3) is 0.394. The van der Waals surface area contributed by atoms with Crippen molar-refractivity contribution in [2.75, 3.05) is 25.1 Å². The van der Waals surface area contributed by atoms with Crippen molar-refractivity contribution >= 4 is 27.5 Å². The summed E-state index contributed by atoms with van der Waals surface area (Å²) >= 11 is 0. The van der Waals surface area contributed by atoms with Crippen LogP contribution < -0.4 is 19.1 Å². The molecule has 3 aromatic rings. The molecule has 10 heteroatoms. The van der Waals surface area contributed by atoms with Crippen molar-refractivity contribution in [3.63, 3.8) is 0 Å². The minimum Gasteiger partial charge on any atom is -0.493 e. The van der Waals surface area contributed by atoms with E-state index in [-0.39, 0.29) is 29.1 Å². The number of nitrogens with zero attached hydrogens (tertiary/aromatic N) is 2. The maximum Gasteiger partial charge on any atom is 0.264 e. The number of methoxy groups -OCH3 is 2. The van der Waals surface area contributed by atoms with Crippen LogP contribution in [0, 0.1) is 6.92 Å². The Hall–Kier alpha value is -4.05. The molecule has 1 atom stereocenters. The van der Waals surface area contributed by atoms with E-state index in [1.807, 2.05) is 38.1 Å². The van der Waals surface area contributed by atoms with Crippen molar-refractivity contribution in [1.29, 1.82) is 0 Å². The lowest BCUT2D eigenvalue weighted by Gasteiger charge is -2.34. The fourth-order valence-electron chi connectivity index (χ4n) is 5.49. The van der Waals surface area contributed by atoms with E-state index in [0.29, 0.717) is 17.9 Å². The lowest BCUT2D eigenvalue weighted by atomic mass is 10.1. The average Bonchev–Trinajstić information content (AvgIpc) is 3.53. The smallest absolute Gasteiger partial charge is 0.264 e. The third-order valence-electron chi connectivity index (χ3n) is 7.95. The summed E-state index contributed by atoms with van der Waals surface area (Å²) in [6.45, 7) is 3.45. The number of anilines is 1. The molecule has 0 radical (unpaired) electrons. The number of hydrogen-bond donors (Lipinski definition) is 1. The van der Waals surface area contributed by atoms with Gasteiger partial charge in [-0.3, -0.25) is 13.9 Å². The molecule has 0 spiro atoms. The minimum absolute atomic E-state index is 0.0362. The van der Waals surface area contributed by atoms with Crippen molar-refractivity contribution in [2.45, 2.75) is 69.5 Å². The largest absolute Gasteiger partial charge is 0.493 e. The summed E-state index contributed by atoms with van der Waals surface area (Å²) < 4.78 is 40.0. The molecule has 1 aliphatic carbocycles. The van der Waals surface area contributed by atoms with Gasteiger partial charge in [0.25, 0.3) is 10.0 Å². The van der Waals surface area contributed by atoms with Crippen LogP contribution in [0.25, 0.3) is 0 Å². The Balaban J connectivity index is 1.75. The molecule has 2 amide bonds. The van der Waals surface area contributed by atoms with Crippen LogP contribution in [-0.4, -0.2) is 58.0 Å². The normalized spacial score (nSPS) is 14.1. The van der Waals surface area contributed by atoms with Gasteiger partial charge in [0.05, 0.1) is 24.8 Å². The van der Waals surface area contributed by atoms with Crippen LogP contribution >= 0.6 is 0 Å². The summed E-state index contributed by atoms with van der Waals surface area (Å²) in [6, 6.07) is 19.7. The minimum atomic E-state index is -4.19. The molecule has 1 N–H and O–H groups in total. The van der Waals surface area contributed by atoms with Gasteiger partial charge in [0, 0.05) is 18.7 Å². The highest BCUT2D eigenvalue weighted by Crippen LogP contribution is 2.34. The van der Waals surface area contributed by atoms with E-state index < -0.39 is 28.5 Å². The molecule has 1 saturated carbocycles. The lowest BCUT2D eigenvalue weighted by molar-refractivity contribution is -0.140. The standard InChI is InChI=1S/C33H41N3O6S/c1-5-29(33(38)34-26-15-11-12-16-26)35(22-25-14-10-9-13-24(25)2)32(37)23-36(43(39,40)28-17-7-6-8-18-28)27-19-20-30(41-3)31(21-27)42-4/h6-10,13-14,17-21,26,29H,5,11-12,15-16,22-23H2,1-4H3,(H,34,38). The highest BCUT2D eigenvalue weighted by atomic mass is 32.2. The van der Waals surface area contributed by atoms with Gasteiger partial charge in [0.2, 0.25) is 11.8 Å². The molecule has 0 heterocycles. The molecule has 3 aromatic carbocycles. The number of rotatable bonds is 13. The number of carbonyl (C=O) groups excluding carboxylic acids is 2. The van der Waals surface area contributed by atoms with Crippen molar-refractivity contribution in [1.82, 2.24) is 10.2 Å². The van der Waals surface area contributed by atoms with Gasteiger partial charge in [0.15, 0.2) is 11.5 Å². The monoisotopic (exact) mass is 607 g/mol. The molecule has 0 saturated heterocycles. The van der Waals surface area contributed by atoms with Gasteiger partial charge < -0.3 is 19.7 Å². The molecule has 1 unspecified atom stereocenters. The zero-order valence-corrected chi connectivity index (χ0v) is 26.1. The van der Waals surface area contributed by atoms with Crippen LogP contribution in [0.4, 0.5) is 5.69 Å². The Bertz CT molecular complexity index is 1510. The maximum absolute atomic E-state index is 14.3. The van der Waals surface area contributed by atoms with Crippen molar-refractivity contribution in [2.24, 2.45) is 0 Å². The second-order valence-electron chi connectivity index (χ2n) is 10.7. The first-order valence-electron chi connectivity index (χ1n) is 14.6. The Morgan fingerprint density at radius 1 is 0.930 bits per heavy atom. The van der Waals surface area contributed by atoms with Crippen LogP contribution in [-0.2, 0) is 26.2 Å². The summed E-state index contributed by atoms with van der Waals surface area (Å²) in [5.74, 6) is 0.0242. The first-order valence-corrected chi connectivity index (χ1v) is 16.1. The van der Waals surface area contributed by atoms with Gasteiger partial charge in [-0.05, 0) is 61.6 Å². The summed E-state index contributed by atoms with van der Waals surface area (Å²) in [7, 11) is -1.24. The molecule has 9 nitrogen and oxygen atoms in total. The van der Waals surface area contributed by atoms with Crippen LogP contribution in [0.1, 0.15) is 50.2 Å². The molecule has 0 aliphatic heterocycles. The van der Waals surface area contributed by atoms with Crippen LogP contribution in [0.5, 0.6) is 11.5 Å². The van der Waals surface area contributed by atoms with E-state index in [1.165, 1.54) is 37.3 Å². The second kappa shape index (κ2) is 14.4. The Morgan fingerprint density at radius 2 is 1.58 bits per heavy atom. The van der Waals surface area contributed by atoms with Crippen LogP contribution in [0.2, 0.25) is 0 Å². The third kappa shape index (κ3) is 7.48. The van der Waals surface area contributed by atoms with Gasteiger partial charge in [-0.25, -0.2) is 8.42 Å². The first kappa shape index (κ1) is 31.9. The maximum atomic E-state index is 14.3. The van der Waals surface area contributed by atoms with Crippen molar-refractivity contribution in [3.8, 4) is 11.5 Å². The Kier molecular flexibility index (Phi) is 10.7. The van der Waals surface area contributed by atoms with E-state index in [9.17, 15) is 18.0 Å². The van der Waals surface area contributed by atoms with Gasteiger partial charge in [-0.15, -0.1) is 0 Å². The second-order valence-corrected chi connectivity index (χ2v) is 12.6. The van der Waals surface area contributed by atoms with Crippen molar-refractivity contribution in [3.05, 3.63) is 83.9 Å². The molecule has 0 bridgehead atoms. The number of carbonyl (C=O) groups is 2. The summed E-state index contributed by atoms with van der Waals surface area (Å²) in [4.78, 5) is 29.5. The number of sulfonamides is 1. The number of hydrogen-bond acceptors (Lipinski definition) is 6. The van der Waals surface area contributed by atoms with Crippen LogP contribution in [0.3, 0.4) is 0 Å². The molecule has 4 rings (SSSR count). The number of benzene rings is 3. The predicted molar refractivity (Wildman–Crippen MR) is 167 cm³/mol. The predicted octanol–water partition coefficient (Wildman–Crippen LogP) is 5.07. The number of nitrogens with one attached hydrogen (secondary N) is 1. The number of amides is 2. The zero-order valence-electron chi connectivity index (χ0n) is 25.3. The highest BCUT2D eigenvalue weighted by Gasteiger charge is 2.35. The van der Waals surface area contributed by atoms with Gasteiger partial charge in [-0.2, -0.15) is 0 Å². The quantitative estimate of drug-likeness (QED) is 0.291. The molecule has 43 heavy (non-hydrogen) atoms. The number of ether oxygens (including phenoxy) is 2. The van der Waals surface area contributed by atoms with E-state index in [2.05, 4.69) is 5.32 Å². The Morgan fingerprint density at radius 3 is 2.21 bits per heavy atom. The molecular formula is C33H41N3O6S. The molecule has 1 aliphatic rings. The topological polar surface area (TPSA) is 105 Å². The summed E-state index contributed by atoms with van der Waals surface area (Å²) in [6.07, 6.45) is 4.32. The summed E-state index contributed by atoms with van der Waals surface area (Å²) in [5.41, 5.74) is 2.08. The average molecular weight is 608 g/mol. The lowest BCUT2D eigenvalue weighted by Crippen LogP contribution is -2.53. The highest BCUT2D eigenvalue weighted by molar-refractivity contribution is 7.92. The number of aryl methyl sites for hydroxylation is 1. The van der Waals surface area contributed by atoms with Crippen molar-refractivity contribution < 1.29 is 27.5 Å². The summed E-state index contributed by atoms with van der Waals surface area (Å²) in [5, 5.41) is 3.14. The molecule has 230 valence electrons. The van der Waals surface area contributed by atoms with Gasteiger partial charge in [-0.1, -0.05) is 62.2 Å². The zero-order chi connectivity index (χ0) is 31.0. The van der Waals surface area contributed by atoms with Gasteiger partial charge >= 0.3 is 0 Å². The van der Waals surface area contributed by atoms with Gasteiger partial charge in [0.1, 0.15) is 12.6 Å². The van der Waals surface area contributed by atoms with Crippen LogP contribution in [0.15, 0.2) is 77.7 Å². The van der Waals surface area contributed by atoms with E-state index in [1.54, 1.807) is 30.3 Å². The Labute approximate surface area is 254 Å². The molecule has 0 aromatic heterocycles. The first-order chi connectivity index (χ1) is 20.7.